The Morgan fingerprint density at radius 3 is 2.67 bits per heavy atom. The van der Waals surface area contributed by atoms with Gasteiger partial charge in [0.25, 0.3) is 5.91 Å². The number of hydrogen-bond acceptors (Lipinski definition) is 2. The number of aryl methyl sites for hydroxylation is 1. The highest BCUT2D eigenvalue weighted by atomic mass is 127. The van der Waals surface area contributed by atoms with Gasteiger partial charge in [-0.05, 0) is 47.7 Å². The fourth-order valence-electron chi connectivity index (χ4n) is 1.29. The summed E-state index contributed by atoms with van der Waals surface area (Å²) in [7, 11) is 0. The van der Waals surface area contributed by atoms with Gasteiger partial charge in [0.05, 0.1) is 11.3 Å². The van der Waals surface area contributed by atoms with E-state index in [0.717, 1.165) is 9.26 Å². The third-order valence-electron chi connectivity index (χ3n) is 2.03. The van der Waals surface area contributed by atoms with E-state index in [9.17, 15) is 4.79 Å². The first-order valence-corrected chi connectivity index (χ1v) is 5.58. The SMILES string of the molecule is Cc1ccn(C(=O)c2ccccc2I)n1. The molecule has 0 aliphatic heterocycles. The van der Waals surface area contributed by atoms with Crippen LogP contribution in [-0.2, 0) is 0 Å². The molecule has 4 heteroatoms. The van der Waals surface area contributed by atoms with Gasteiger partial charge in [0.1, 0.15) is 0 Å². The number of rotatable bonds is 1. The molecule has 0 atom stereocenters. The van der Waals surface area contributed by atoms with Crippen molar-refractivity contribution in [3.8, 4) is 0 Å². The predicted molar refractivity (Wildman–Crippen MR) is 65.9 cm³/mol. The van der Waals surface area contributed by atoms with Gasteiger partial charge in [-0.15, -0.1) is 0 Å². The molecule has 3 nitrogen and oxygen atoms in total. The smallest absolute Gasteiger partial charge is 0.267 e. The van der Waals surface area contributed by atoms with Gasteiger partial charge in [-0.2, -0.15) is 5.10 Å². The molecule has 15 heavy (non-hydrogen) atoms. The maximum atomic E-state index is 12.0. The predicted octanol–water partition coefficient (Wildman–Crippen LogP) is 2.48. The van der Waals surface area contributed by atoms with Crippen molar-refractivity contribution in [2.45, 2.75) is 6.92 Å². The monoisotopic (exact) mass is 312 g/mol. The summed E-state index contributed by atoms with van der Waals surface area (Å²) >= 11 is 2.15. The minimum absolute atomic E-state index is 0.0897. The average molecular weight is 312 g/mol. The second-order valence-electron chi connectivity index (χ2n) is 3.19. The van der Waals surface area contributed by atoms with E-state index in [4.69, 9.17) is 0 Å². The van der Waals surface area contributed by atoms with Crippen molar-refractivity contribution in [2.75, 3.05) is 0 Å². The Labute approximate surface area is 101 Å². The highest BCUT2D eigenvalue weighted by molar-refractivity contribution is 14.1. The summed E-state index contributed by atoms with van der Waals surface area (Å²) in [5, 5.41) is 4.09. The molecule has 1 aromatic carbocycles. The Balaban J connectivity index is 2.41. The molecule has 0 aliphatic rings. The lowest BCUT2D eigenvalue weighted by molar-refractivity contribution is 0.0944. The van der Waals surface area contributed by atoms with Crippen molar-refractivity contribution in [3.63, 3.8) is 0 Å². The van der Waals surface area contributed by atoms with Crippen LogP contribution in [-0.4, -0.2) is 15.7 Å². The van der Waals surface area contributed by atoms with Crippen LogP contribution in [0.3, 0.4) is 0 Å². The molecule has 1 heterocycles. The van der Waals surface area contributed by atoms with Crippen LogP contribution in [0, 0.1) is 10.5 Å². The number of nitrogens with zero attached hydrogens (tertiary/aromatic N) is 2. The molecule has 0 N–H and O–H groups in total. The van der Waals surface area contributed by atoms with E-state index < -0.39 is 0 Å². The molecular formula is C11H9IN2O. The van der Waals surface area contributed by atoms with Crippen LogP contribution in [0.5, 0.6) is 0 Å². The molecular weight excluding hydrogens is 303 g/mol. The van der Waals surface area contributed by atoms with Gasteiger partial charge in [-0.25, -0.2) is 4.68 Å². The lowest BCUT2D eigenvalue weighted by atomic mass is 10.2. The van der Waals surface area contributed by atoms with E-state index in [2.05, 4.69) is 27.7 Å². The van der Waals surface area contributed by atoms with Crippen molar-refractivity contribution in [3.05, 3.63) is 51.4 Å². The zero-order chi connectivity index (χ0) is 10.8. The van der Waals surface area contributed by atoms with Gasteiger partial charge < -0.3 is 0 Å². The largest absolute Gasteiger partial charge is 0.279 e. The van der Waals surface area contributed by atoms with Gasteiger partial charge in [0, 0.05) is 9.77 Å². The number of benzene rings is 1. The maximum absolute atomic E-state index is 12.0. The van der Waals surface area contributed by atoms with Crippen LogP contribution in [0.25, 0.3) is 0 Å². The average Bonchev–Trinajstić information content (AvgIpc) is 2.65. The summed E-state index contributed by atoms with van der Waals surface area (Å²) in [6, 6.07) is 9.29. The summed E-state index contributed by atoms with van der Waals surface area (Å²) in [4.78, 5) is 12.0. The molecule has 0 bridgehead atoms. The fraction of sp³-hybridized carbons (Fsp3) is 0.0909. The molecule has 76 valence electrons. The number of carbonyl (C=O) groups is 1. The third-order valence-corrected chi connectivity index (χ3v) is 2.98. The summed E-state index contributed by atoms with van der Waals surface area (Å²) in [5.74, 6) is -0.0897. The summed E-state index contributed by atoms with van der Waals surface area (Å²) < 4.78 is 2.31. The summed E-state index contributed by atoms with van der Waals surface area (Å²) in [5.41, 5.74) is 1.52. The molecule has 2 aromatic rings. The molecule has 0 amide bonds. The van der Waals surface area contributed by atoms with E-state index in [0.29, 0.717) is 5.56 Å². The molecule has 1 aromatic heterocycles. The molecule has 0 fully saturated rings. The molecule has 2 rings (SSSR count). The zero-order valence-corrected chi connectivity index (χ0v) is 10.3. The Kier molecular flexibility index (Phi) is 2.86. The van der Waals surface area contributed by atoms with Crippen molar-refractivity contribution >= 4 is 28.5 Å². The van der Waals surface area contributed by atoms with E-state index in [1.807, 2.05) is 31.2 Å². The molecule has 0 radical (unpaired) electrons. The second-order valence-corrected chi connectivity index (χ2v) is 4.35. The van der Waals surface area contributed by atoms with E-state index in [1.54, 1.807) is 12.3 Å². The number of aromatic nitrogens is 2. The zero-order valence-electron chi connectivity index (χ0n) is 8.14. The Bertz CT molecular complexity index is 505. The summed E-state index contributed by atoms with van der Waals surface area (Å²) in [6.07, 6.45) is 1.68. The van der Waals surface area contributed by atoms with Crippen LogP contribution in [0.15, 0.2) is 36.5 Å². The minimum atomic E-state index is -0.0897. The first kappa shape index (κ1) is 10.4. The normalized spacial score (nSPS) is 10.3. The van der Waals surface area contributed by atoms with E-state index in [1.165, 1.54) is 4.68 Å². The molecule has 0 aliphatic carbocycles. The van der Waals surface area contributed by atoms with Crippen molar-refractivity contribution in [2.24, 2.45) is 0 Å². The van der Waals surface area contributed by atoms with Gasteiger partial charge in [0.15, 0.2) is 0 Å². The number of halogens is 1. The maximum Gasteiger partial charge on any atom is 0.279 e. The highest BCUT2D eigenvalue weighted by Crippen LogP contribution is 2.12. The van der Waals surface area contributed by atoms with Crippen molar-refractivity contribution in [1.29, 1.82) is 0 Å². The van der Waals surface area contributed by atoms with Gasteiger partial charge in [0.2, 0.25) is 0 Å². The molecule has 0 spiro atoms. The Morgan fingerprint density at radius 1 is 1.33 bits per heavy atom. The fourth-order valence-corrected chi connectivity index (χ4v) is 1.90. The topological polar surface area (TPSA) is 34.9 Å². The van der Waals surface area contributed by atoms with Crippen LogP contribution >= 0.6 is 22.6 Å². The van der Waals surface area contributed by atoms with Crippen LogP contribution in [0.4, 0.5) is 0 Å². The Morgan fingerprint density at radius 2 is 2.07 bits per heavy atom. The number of carbonyl (C=O) groups excluding carboxylic acids is 1. The van der Waals surface area contributed by atoms with Crippen molar-refractivity contribution in [1.82, 2.24) is 9.78 Å². The van der Waals surface area contributed by atoms with Gasteiger partial charge in [-0.3, -0.25) is 4.79 Å². The van der Waals surface area contributed by atoms with Crippen LogP contribution < -0.4 is 0 Å². The Hall–Kier alpha value is -1.17. The standard InChI is InChI=1S/C11H9IN2O/c1-8-6-7-14(13-8)11(15)9-4-2-3-5-10(9)12/h2-7H,1H3. The minimum Gasteiger partial charge on any atom is -0.267 e. The lowest BCUT2D eigenvalue weighted by Crippen LogP contribution is -2.13. The van der Waals surface area contributed by atoms with Crippen molar-refractivity contribution < 1.29 is 4.79 Å². The molecule has 0 saturated carbocycles. The first-order valence-electron chi connectivity index (χ1n) is 4.50. The molecule has 0 saturated heterocycles. The lowest BCUT2D eigenvalue weighted by Gasteiger charge is -2.02. The first-order chi connectivity index (χ1) is 7.18. The highest BCUT2D eigenvalue weighted by Gasteiger charge is 2.11. The van der Waals surface area contributed by atoms with Crippen LogP contribution in [0.2, 0.25) is 0 Å². The van der Waals surface area contributed by atoms with Gasteiger partial charge >= 0.3 is 0 Å². The number of hydrogen-bond donors (Lipinski definition) is 0. The van der Waals surface area contributed by atoms with Crippen LogP contribution in [0.1, 0.15) is 16.1 Å². The second kappa shape index (κ2) is 4.14. The molecule has 0 unspecified atom stereocenters. The van der Waals surface area contributed by atoms with Gasteiger partial charge in [-0.1, -0.05) is 12.1 Å². The quantitative estimate of drug-likeness (QED) is 0.758. The van der Waals surface area contributed by atoms with E-state index >= 15 is 0 Å². The third kappa shape index (κ3) is 2.09. The summed E-state index contributed by atoms with van der Waals surface area (Å²) in [6.45, 7) is 1.86. The van der Waals surface area contributed by atoms with E-state index in [-0.39, 0.29) is 5.91 Å².